The number of ether oxygens (including phenoxy) is 1. The molecule has 1 aliphatic rings. The number of non-ortho nitro benzene ring substituents is 1. The predicted molar refractivity (Wildman–Crippen MR) is 136 cm³/mol. The number of nitrogens with one attached hydrogen (secondary N) is 1. The van der Waals surface area contributed by atoms with Crippen molar-refractivity contribution in [3.05, 3.63) is 139 Å². The lowest BCUT2D eigenvalue weighted by Gasteiger charge is -2.41. The first-order valence-corrected chi connectivity index (χ1v) is 12.8. The SMILES string of the molecule is O=[N+]([O-])c1ccc(C2=[NH+]C/C(=C\[B-](c3c(F)c(F)c(F)c(F)c3F)(c3c(F)c(F)c(F)c(F)c3F)c3c(F)c(F)c(F)c(F)c3F)O2)cc1. The third-order valence-corrected chi connectivity index (χ3v) is 7.53. The highest BCUT2D eigenvalue weighted by Crippen LogP contribution is 2.29. The minimum atomic E-state index is -5.97. The third kappa shape index (κ3) is 5.14. The molecule has 5 nitrogen and oxygen atoms in total. The van der Waals surface area contributed by atoms with Crippen LogP contribution in [-0.4, -0.2) is 23.5 Å². The van der Waals surface area contributed by atoms with Crippen molar-refractivity contribution in [3.63, 3.8) is 0 Å². The Morgan fingerprint density at radius 3 is 1.16 bits per heavy atom. The maximum absolute atomic E-state index is 15.6. The van der Waals surface area contributed by atoms with E-state index in [4.69, 9.17) is 4.74 Å². The summed E-state index contributed by atoms with van der Waals surface area (Å²) in [5, 5.41) is 10.9. The second-order valence-electron chi connectivity index (χ2n) is 10.1. The molecule has 0 saturated carbocycles. The predicted octanol–water partition coefficient (Wildman–Crippen LogP) is 4.13. The van der Waals surface area contributed by atoms with E-state index >= 15 is 26.3 Å². The van der Waals surface area contributed by atoms with E-state index in [-0.39, 0.29) is 11.5 Å². The maximum Gasteiger partial charge on any atom is 0.373 e. The van der Waals surface area contributed by atoms with Crippen molar-refractivity contribution in [2.24, 2.45) is 0 Å². The zero-order chi connectivity index (χ0) is 36.4. The van der Waals surface area contributed by atoms with E-state index in [2.05, 4.69) is 4.99 Å². The van der Waals surface area contributed by atoms with E-state index in [1.54, 1.807) is 0 Å². The van der Waals surface area contributed by atoms with Gasteiger partial charge >= 0.3 is 5.90 Å². The first-order valence-electron chi connectivity index (χ1n) is 12.8. The summed E-state index contributed by atoms with van der Waals surface area (Å²) >= 11 is 0. The molecule has 1 N–H and O–H groups in total. The fraction of sp³-hybridized carbons (Fsp3) is 0.0357. The summed E-state index contributed by atoms with van der Waals surface area (Å²) in [5.41, 5.74) is -9.12. The molecule has 0 saturated heterocycles. The average molecular weight is 716 g/mol. The maximum atomic E-state index is 15.6. The van der Waals surface area contributed by atoms with Gasteiger partial charge in [-0.2, -0.15) is 5.98 Å². The third-order valence-electron chi connectivity index (χ3n) is 7.53. The molecular weight excluding hydrogens is 708 g/mol. The number of halogens is 15. The molecule has 0 radical (unpaired) electrons. The number of hydrogen-bond donors (Lipinski definition) is 1. The smallest absolute Gasteiger partial charge is 0.373 e. The van der Waals surface area contributed by atoms with Crippen molar-refractivity contribution in [3.8, 4) is 0 Å². The van der Waals surface area contributed by atoms with Gasteiger partial charge < -0.3 is 4.74 Å². The van der Waals surface area contributed by atoms with E-state index in [0.29, 0.717) is 0 Å². The Kier molecular flexibility index (Phi) is 8.66. The monoisotopic (exact) mass is 716 g/mol. The summed E-state index contributed by atoms with van der Waals surface area (Å²) in [5.74, 6) is -49.0. The standard InChI is InChI=1S/C28H7BF15N2O3/c30-13-10(14(31)20(37)25(42)19(13)36)29(11-15(32)21(38)26(43)22(39)16(11)33,12-17(34)23(40)27(44)24(41)18(12)35)5-9-6-45-28(49-9)7-1-3-8(4-2-7)46(47)48/h1-5H,6H2/q-1/p+1/b9-5+. The molecule has 0 bridgehead atoms. The lowest BCUT2D eigenvalue weighted by molar-refractivity contribution is -0.440. The quantitative estimate of drug-likeness (QED) is 0.0816. The number of nitro groups is 1. The summed E-state index contributed by atoms with van der Waals surface area (Å²) in [6.07, 6.45) is -5.97. The van der Waals surface area contributed by atoms with Gasteiger partial charge in [0.2, 0.25) is 0 Å². The number of benzene rings is 4. The zero-order valence-electron chi connectivity index (χ0n) is 23.0. The Bertz CT molecular complexity index is 1920. The first-order chi connectivity index (χ1) is 22.9. The number of nitro benzene ring substituents is 1. The number of rotatable bonds is 6. The topological polar surface area (TPSA) is 66.3 Å². The largest absolute Gasteiger partial charge is 0.407 e. The Labute approximate surface area is 260 Å². The van der Waals surface area contributed by atoms with Gasteiger partial charge in [0.05, 0.1) is 10.5 Å². The molecule has 5 rings (SSSR count). The summed E-state index contributed by atoms with van der Waals surface area (Å²) in [6.45, 7) is -1.00. The van der Waals surface area contributed by atoms with Gasteiger partial charge in [0.15, 0.2) is 58.9 Å². The zero-order valence-corrected chi connectivity index (χ0v) is 23.0. The van der Waals surface area contributed by atoms with Gasteiger partial charge in [-0.3, -0.25) is 10.1 Å². The molecule has 0 fully saturated rings. The molecule has 4 aromatic carbocycles. The number of nitrogens with zero attached hydrogens (tertiary/aromatic N) is 1. The molecule has 1 aliphatic heterocycles. The Morgan fingerprint density at radius 1 is 0.551 bits per heavy atom. The molecule has 49 heavy (non-hydrogen) atoms. The van der Waals surface area contributed by atoms with Crippen LogP contribution in [0.5, 0.6) is 0 Å². The second kappa shape index (κ2) is 12.2. The van der Waals surface area contributed by atoms with E-state index < -0.39 is 139 Å². The van der Waals surface area contributed by atoms with Gasteiger partial charge in [-0.15, -0.1) is 16.4 Å². The van der Waals surface area contributed by atoms with Crippen molar-refractivity contribution in [1.82, 2.24) is 0 Å². The fourth-order valence-corrected chi connectivity index (χ4v) is 5.39. The van der Waals surface area contributed by atoms with E-state index in [1.165, 1.54) is 0 Å². The van der Waals surface area contributed by atoms with Gasteiger partial charge in [0.1, 0.15) is 46.8 Å². The molecule has 1 heterocycles. The highest BCUT2D eigenvalue weighted by molar-refractivity contribution is 7.15. The summed E-state index contributed by atoms with van der Waals surface area (Å²) in [6, 6.07) is 3.70. The van der Waals surface area contributed by atoms with Crippen molar-refractivity contribution in [1.29, 1.82) is 0 Å². The summed E-state index contributed by atoms with van der Waals surface area (Å²) in [4.78, 5) is 12.4. The molecule has 0 aromatic heterocycles. The summed E-state index contributed by atoms with van der Waals surface area (Å²) < 4.78 is 229. The highest BCUT2D eigenvalue weighted by atomic mass is 19.2. The first kappa shape index (κ1) is 34.8. The molecule has 0 amide bonds. The van der Waals surface area contributed by atoms with Crippen LogP contribution in [0, 0.1) is 97.4 Å². The lowest BCUT2D eigenvalue weighted by Crippen LogP contribution is -2.73. The Morgan fingerprint density at radius 2 is 0.857 bits per heavy atom. The summed E-state index contributed by atoms with van der Waals surface area (Å²) in [7, 11) is 0. The van der Waals surface area contributed by atoms with Gasteiger partial charge in [-0.25, -0.2) is 70.8 Å². The average Bonchev–Trinajstić information content (AvgIpc) is 3.54. The van der Waals surface area contributed by atoms with Gasteiger partial charge in [0, 0.05) is 12.1 Å². The van der Waals surface area contributed by atoms with Crippen molar-refractivity contribution >= 4 is 34.1 Å². The van der Waals surface area contributed by atoms with Crippen LogP contribution in [0.15, 0.2) is 36.0 Å². The minimum Gasteiger partial charge on any atom is -0.407 e. The highest BCUT2D eigenvalue weighted by Gasteiger charge is 2.48. The molecule has 256 valence electrons. The molecule has 0 aliphatic carbocycles. The van der Waals surface area contributed by atoms with Crippen LogP contribution < -0.4 is 21.4 Å². The van der Waals surface area contributed by atoms with E-state index in [0.717, 1.165) is 24.3 Å². The second-order valence-corrected chi connectivity index (χ2v) is 10.1. The molecule has 4 aromatic rings. The molecular formula is C28H8BF15N2O3. The van der Waals surface area contributed by atoms with E-state index in [9.17, 15) is 49.6 Å². The molecule has 0 unspecified atom stereocenters. The molecule has 0 spiro atoms. The fourth-order valence-electron chi connectivity index (χ4n) is 5.39. The van der Waals surface area contributed by atoms with Crippen LogP contribution in [0.3, 0.4) is 0 Å². The van der Waals surface area contributed by atoms with Crippen LogP contribution in [0.1, 0.15) is 5.56 Å². The lowest BCUT2D eigenvalue weighted by atomic mass is 9.15. The van der Waals surface area contributed by atoms with Crippen LogP contribution >= 0.6 is 0 Å². The van der Waals surface area contributed by atoms with Crippen LogP contribution in [0.2, 0.25) is 0 Å². The Hall–Kier alpha value is -5.50. The normalized spacial score (nSPS) is 14.0. The van der Waals surface area contributed by atoms with E-state index in [1.807, 2.05) is 0 Å². The number of hydrogen-bond acceptors (Lipinski definition) is 3. The van der Waals surface area contributed by atoms with Crippen LogP contribution in [-0.2, 0) is 4.74 Å². The van der Waals surface area contributed by atoms with Crippen molar-refractivity contribution in [2.45, 2.75) is 0 Å². The van der Waals surface area contributed by atoms with Gasteiger partial charge in [-0.05, 0) is 12.1 Å². The van der Waals surface area contributed by atoms with Gasteiger partial charge in [0.25, 0.3) is 5.69 Å². The van der Waals surface area contributed by atoms with Crippen LogP contribution in [0.4, 0.5) is 71.5 Å². The minimum absolute atomic E-state index is 0.171. The molecule has 0 atom stereocenters. The van der Waals surface area contributed by atoms with Crippen molar-refractivity contribution < 1.29 is 80.5 Å². The van der Waals surface area contributed by atoms with Gasteiger partial charge in [-0.1, -0.05) is 0 Å². The van der Waals surface area contributed by atoms with Crippen molar-refractivity contribution in [2.75, 3.05) is 6.54 Å². The van der Waals surface area contributed by atoms with Crippen LogP contribution in [0.25, 0.3) is 0 Å². The molecule has 21 heteroatoms. The Balaban J connectivity index is 2.01.